The van der Waals surface area contributed by atoms with Crippen molar-refractivity contribution in [3.63, 3.8) is 0 Å². The summed E-state index contributed by atoms with van der Waals surface area (Å²) in [5, 5.41) is 5.36. The summed E-state index contributed by atoms with van der Waals surface area (Å²) >= 11 is 1.52. The summed E-state index contributed by atoms with van der Waals surface area (Å²) in [6, 6.07) is 10.0. The highest BCUT2D eigenvalue weighted by molar-refractivity contribution is 7.12. The van der Waals surface area contributed by atoms with Crippen LogP contribution in [0.2, 0.25) is 0 Å². The van der Waals surface area contributed by atoms with E-state index in [1.807, 2.05) is 47.5 Å². The predicted molar refractivity (Wildman–Crippen MR) is 80.3 cm³/mol. The summed E-state index contributed by atoms with van der Waals surface area (Å²) in [5.74, 6) is 0.114. The largest absolute Gasteiger partial charge is 0.383 e. The van der Waals surface area contributed by atoms with Crippen molar-refractivity contribution >= 4 is 28.6 Å². The molecule has 2 aromatic rings. The Morgan fingerprint density at radius 2 is 2.16 bits per heavy atom. The summed E-state index contributed by atoms with van der Waals surface area (Å²) in [7, 11) is 0. The van der Waals surface area contributed by atoms with Crippen LogP contribution in [0.15, 0.2) is 35.7 Å². The van der Waals surface area contributed by atoms with Gasteiger partial charge in [0.1, 0.15) is 0 Å². The van der Waals surface area contributed by atoms with Crippen LogP contribution < -0.4 is 10.2 Å². The van der Waals surface area contributed by atoms with Crippen LogP contribution in [0.1, 0.15) is 21.7 Å². The van der Waals surface area contributed by atoms with E-state index < -0.39 is 0 Å². The minimum absolute atomic E-state index is 0.114. The lowest BCUT2D eigenvalue weighted by Crippen LogP contribution is -2.31. The lowest BCUT2D eigenvalue weighted by Gasteiger charge is -2.22. The van der Waals surface area contributed by atoms with Crippen LogP contribution in [0, 0.1) is 6.92 Å². The number of aryl methyl sites for hydroxylation is 1. The number of thiophene rings is 1. The molecule has 0 atom stereocenters. The van der Waals surface area contributed by atoms with Gasteiger partial charge in [-0.05, 0) is 42.5 Å². The highest BCUT2D eigenvalue weighted by Crippen LogP contribution is 2.30. The molecule has 1 aromatic carbocycles. The molecule has 0 fully saturated rings. The molecule has 2 heterocycles. The molecular weight excluding hydrogens is 256 g/mol. The van der Waals surface area contributed by atoms with Gasteiger partial charge >= 0.3 is 0 Å². The number of carbonyl (C=O) groups is 1. The van der Waals surface area contributed by atoms with Crippen molar-refractivity contribution in [1.82, 2.24) is 0 Å². The number of nitrogens with zero attached hydrogens (tertiary/aromatic N) is 1. The molecular formula is C15H16N2OS. The zero-order valence-corrected chi connectivity index (χ0v) is 11.7. The lowest BCUT2D eigenvalue weighted by atomic mass is 10.2. The quantitative estimate of drug-likeness (QED) is 0.861. The van der Waals surface area contributed by atoms with Crippen LogP contribution in [0.3, 0.4) is 0 Å². The van der Waals surface area contributed by atoms with Crippen molar-refractivity contribution in [2.75, 3.05) is 23.3 Å². The molecule has 3 nitrogen and oxygen atoms in total. The van der Waals surface area contributed by atoms with Crippen LogP contribution in [-0.2, 0) is 0 Å². The number of hydrogen-bond donors (Lipinski definition) is 1. The predicted octanol–water partition coefficient (Wildman–Crippen LogP) is 3.52. The summed E-state index contributed by atoms with van der Waals surface area (Å²) in [6.45, 7) is 3.66. The minimum atomic E-state index is 0.114. The second-order valence-electron chi connectivity index (χ2n) is 4.69. The zero-order valence-electron chi connectivity index (χ0n) is 10.8. The van der Waals surface area contributed by atoms with E-state index in [2.05, 4.69) is 5.32 Å². The molecule has 19 heavy (non-hydrogen) atoms. The van der Waals surface area contributed by atoms with Gasteiger partial charge in [0.15, 0.2) is 0 Å². The molecule has 0 aliphatic carbocycles. The van der Waals surface area contributed by atoms with Crippen LogP contribution in [0.25, 0.3) is 0 Å². The summed E-state index contributed by atoms with van der Waals surface area (Å²) in [6.07, 6.45) is 0.963. The molecule has 0 radical (unpaired) electrons. The van der Waals surface area contributed by atoms with E-state index in [9.17, 15) is 4.79 Å². The fraction of sp³-hybridized carbons (Fsp3) is 0.267. The number of nitrogens with one attached hydrogen (secondary N) is 1. The summed E-state index contributed by atoms with van der Waals surface area (Å²) < 4.78 is 0. The molecule has 1 aromatic heterocycles. The Labute approximate surface area is 116 Å². The Morgan fingerprint density at radius 3 is 2.95 bits per heavy atom. The summed E-state index contributed by atoms with van der Waals surface area (Å²) in [4.78, 5) is 15.4. The lowest BCUT2D eigenvalue weighted by molar-refractivity contribution is 0.0990. The standard InChI is InChI=1S/C15H16N2OS/c1-11-7-10-19-14(11)15(18)17-9-4-8-16-12-5-2-3-6-13(12)17/h2-3,5-7,10,16H,4,8-9H2,1H3. The molecule has 1 aliphatic rings. The van der Waals surface area contributed by atoms with E-state index in [1.54, 1.807) is 0 Å². The van der Waals surface area contributed by atoms with Crippen molar-refractivity contribution in [2.24, 2.45) is 0 Å². The van der Waals surface area contributed by atoms with Gasteiger partial charge in [-0.3, -0.25) is 4.79 Å². The third-order valence-electron chi connectivity index (χ3n) is 3.37. The number of anilines is 2. The van der Waals surface area contributed by atoms with E-state index in [4.69, 9.17) is 0 Å². The van der Waals surface area contributed by atoms with Crippen molar-refractivity contribution < 1.29 is 4.79 Å². The van der Waals surface area contributed by atoms with Gasteiger partial charge in [0.2, 0.25) is 0 Å². The van der Waals surface area contributed by atoms with E-state index in [-0.39, 0.29) is 5.91 Å². The van der Waals surface area contributed by atoms with E-state index in [0.717, 1.165) is 41.3 Å². The van der Waals surface area contributed by atoms with Gasteiger partial charge in [-0.15, -0.1) is 11.3 Å². The first-order chi connectivity index (χ1) is 9.27. The molecule has 0 saturated heterocycles. The fourth-order valence-electron chi connectivity index (χ4n) is 2.36. The molecule has 1 amide bonds. The molecule has 0 saturated carbocycles. The van der Waals surface area contributed by atoms with Crippen LogP contribution in [0.5, 0.6) is 0 Å². The van der Waals surface area contributed by atoms with Crippen molar-refractivity contribution in [3.8, 4) is 0 Å². The number of para-hydroxylation sites is 2. The van der Waals surface area contributed by atoms with Crippen LogP contribution in [-0.4, -0.2) is 19.0 Å². The maximum absolute atomic E-state index is 12.7. The Hall–Kier alpha value is -1.81. The van der Waals surface area contributed by atoms with Crippen LogP contribution >= 0.6 is 11.3 Å². The number of fused-ring (bicyclic) bond motifs is 1. The Balaban J connectivity index is 2.01. The van der Waals surface area contributed by atoms with Gasteiger partial charge in [-0.25, -0.2) is 0 Å². The van der Waals surface area contributed by atoms with Gasteiger partial charge in [-0.1, -0.05) is 12.1 Å². The van der Waals surface area contributed by atoms with Gasteiger partial charge in [-0.2, -0.15) is 0 Å². The molecule has 0 bridgehead atoms. The molecule has 1 N–H and O–H groups in total. The van der Waals surface area contributed by atoms with E-state index in [0.29, 0.717) is 0 Å². The molecule has 98 valence electrons. The van der Waals surface area contributed by atoms with Crippen LogP contribution in [0.4, 0.5) is 11.4 Å². The van der Waals surface area contributed by atoms with Crippen molar-refractivity contribution in [3.05, 3.63) is 46.2 Å². The number of amides is 1. The number of hydrogen-bond acceptors (Lipinski definition) is 3. The van der Waals surface area contributed by atoms with E-state index in [1.165, 1.54) is 11.3 Å². The number of rotatable bonds is 1. The molecule has 4 heteroatoms. The number of carbonyl (C=O) groups excluding carboxylic acids is 1. The Kier molecular flexibility index (Phi) is 3.25. The van der Waals surface area contributed by atoms with Crippen molar-refractivity contribution in [1.29, 1.82) is 0 Å². The third-order valence-corrected chi connectivity index (χ3v) is 4.37. The average molecular weight is 272 g/mol. The SMILES string of the molecule is Cc1ccsc1C(=O)N1CCCNc2ccccc21. The smallest absolute Gasteiger partial charge is 0.268 e. The van der Waals surface area contributed by atoms with Crippen molar-refractivity contribution in [2.45, 2.75) is 13.3 Å². The molecule has 0 spiro atoms. The second-order valence-corrected chi connectivity index (χ2v) is 5.60. The third kappa shape index (κ3) is 2.24. The summed E-state index contributed by atoms with van der Waals surface area (Å²) in [5.41, 5.74) is 3.09. The first-order valence-electron chi connectivity index (χ1n) is 6.46. The number of benzene rings is 1. The maximum atomic E-state index is 12.7. The zero-order chi connectivity index (χ0) is 13.2. The first-order valence-corrected chi connectivity index (χ1v) is 7.34. The Morgan fingerprint density at radius 1 is 1.32 bits per heavy atom. The van der Waals surface area contributed by atoms with Gasteiger partial charge in [0, 0.05) is 13.1 Å². The second kappa shape index (κ2) is 5.05. The highest BCUT2D eigenvalue weighted by atomic mass is 32.1. The molecule has 0 unspecified atom stereocenters. The average Bonchev–Trinajstić information content (AvgIpc) is 2.74. The Bertz CT molecular complexity index is 606. The van der Waals surface area contributed by atoms with Gasteiger partial charge in [0.25, 0.3) is 5.91 Å². The minimum Gasteiger partial charge on any atom is -0.383 e. The maximum Gasteiger partial charge on any atom is 0.268 e. The van der Waals surface area contributed by atoms with Gasteiger partial charge < -0.3 is 10.2 Å². The molecule has 3 rings (SSSR count). The fourth-order valence-corrected chi connectivity index (χ4v) is 3.24. The molecule has 1 aliphatic heterocycles. The topological polar surface area (TPSA) is 32.3 Å². The van der Waals surface area contributed by atoms with Gasteiger partial charge in [0.05, 0.1) is 16.3 Å². The normalized spacial score (nSPS) is 14.5. The monoisotopic (exact) mass is 272 g/mol. The van der Waals surface area contributed by atoms with E-state index >= 15 is 0 Å². The first kappa shape index (κ1) is 12.2. The highest BCUT2D eigenvalue weighted by Gasteiger charge is 2.23.